The van der Waals surface area contributed by atoms with Crippen LogP contribution in [0.3, 0.4) is 0 Å². The average molecular weight is 292 g/mol. The number of nitriles is 1. The molecular formula is C14H16N2O3S. The number of hydrogen-bond acceptors (Lipinski definition) is 4. The molecule has 1 rings (SSSR count). The number of carbonyl (C=O) groups excluding carboxylic acids is 1. The summed E-state index contributed by atoms with van der Waals surface area (Å²) in [7, 11) is 0. The van der Waals surface area contributed by atoms with Gasteiger partial charge in [-0.25, -0.2) is 0 Å². The van der Waals surface area contributed by atoms with E-state index >= 15 is 0 Å². The van der Waals surface area contributed by atoms with Gasteiger partial charge in [-0.15, -0.1) is 0 Å². The van der Waals surface area contributed by atoms with Gasteiger partial charge in [-0.1, -0.05) is 25.1 Å². The summed E-state index contributed by atoms with van der Waals surface area (Å²) in [4.78, 5) is 24.2. The predicted octanol–water partition coefficient (Wildman–Crippen LogP) is 2.00. The van der Waals surface area contributed by atoms with Gasteiger partial charge in [0.1, 0.15) is 6.54 Å². The van der Waals surface area contributed by atoms with Gasteiger partial charge in [-0.3, -0.25) is 14.5 Å². The number of amides is 1. The third-order valence-electron chi connectivity index (χ3n) is 2.61. The minimum atomic E-state index is -0.873. The molecule has 5 nitrogen and oxygen atoms in total. The largest absolute Gasteiger partial charge is 0.481 e. The highest BCUT2D eigenvalue weighted by Gasteiger charge is 2.17. The van der Waals surface area contributed by atoms with E-state index in [1.54, 1.807) is 31.2 Å². The van der Waals surface area contributed by atoms with Crippen molar-refractivity contribution in [2.75, 3.05) is 23.0 Å². The van der Waals surface area contributed by atoms with Gasteiger partial charge in [0.05, 0.1) is 17.7 Å². The highest BCUT2D eigenvalue weighted by atomic mass is 32.2. The van der Waals surface area contributed by atoms with Gasteiger partial charge < -0.3 is 5.11 Å². The molecule has 1 aromatic carbocycles. The smallest absolute Gasteiger partial charge is 0.307 e. The highest BCUT2D eigenvalue weighted by molar-refractivity contribution is 8.00. The zero-order valence-corrected chi connectivity index (χ0v) is 12.0. The van der Waals surface area contributed by atoms with Gasteiger partial charge in [0, 0.05) is 11.4 Å². The molecule has 1 N–H and O–H groups in total. The Bertz CT molecular complexity index is 499. The zero-order valence-electron chi connectivity index (χ0n) is 11.2. The van der Waals surface area contributed by atoms with Crippen molar-refractivity contribution in [3.8, 4) is 6.07 Å². The van der Waals surface area contributed by atoms with Gasteiger partial charge in [-0.2, -0.15) is 17.0 Å². The number of nitrogens with zero attached hydrogens (tertiary/aromatic N) is 2. The molecule has 1 amide bonds. The Kier molecular flexibility index (Phi) is 6.60. The molecule has 1 atom stereocenters. The van der Waals surface area contributed by atoms with E-state index < -0.39 is 11.9 Å². The number of rotatable bonds is 7. The summed E-state index contributed by atoms with van der Waals surface area (Å²) in [5.41, 5.74) is 0.672. The van der Waals surface area contributed by atoms with E-state index in [-0.39, 0.29) is 18.2 Å². The number of para-hydroxylation sites is 1. The quantitative estimate of drug-likeness (QED) is 0.777. The zero-order chi connectivity index (χ0) is 15.0. The molecule has 0 radical (unpaired) electrons. The van der Waals surface area contributed by atoms with Crippen LogP contribution < -0.4 is 4.90 Å². The van der Waals surface area contributed by atoms with Gasteiger partial charge >= 0.3 is 5.97 Å². The first-order valence-electron chi connectivity index (χ1n) is 6.09. The maximum atomic E-state index is 12.1. The molecule has 0 aliphatic rings. The normalized spacial score (nSPS) is 11.4. The summed E-state index contributed by atoms with van der Waals surface area (Å²) in [5.74, 6) is -1.03. The molecule has 1 aromatic rings. The van der Waals surface area contributed by atoms with E-state index in [0.717, 1.165) is 0 Å². The number of benzene rings is 1. The number of hydrogen-bond donors (Lipinski definition) is 1. The Labute approximate surface area is 122 Å². The van der Waals surface area contributed by atoms with E-state index in [1.807, 2.05) is 12.1 Å². The van der Waals surface area contributed by atoms with E-state index in [2.05, 4.69) is 0 Å². The number of aliphatic carboxylic acids is 1. The van der Waals surface area contributed by atoms with Crippen LogP contribution in [0.1, 0.15) is 6.92 Å². The maximum Gasteiger partial charge on any atom is 0.307 e. The lowest BCUT2D eigenvalue weighted by Gasteiger charge is -2.19. The molecule has 0 heterocycles. The fourth-order valence-corrected chi connectivity index (χ4v) is 2.42. The van der Waals surface area contributed by atoms with Crippen LogP contribution >= 0.6 is 11.8 Å². The van der Waals surface area contributed by atoms with Crippen molar-refractivity contribution in [2.24, 2.45) is 5.92 Å². The van der Waals surface area contributed by atoms with E-state index in [1.165, 1.54) is 16.7 Å². The number of carbonyl (C=O) groups is 2. The topological polar surface area (TPSA) is 81.4 Å². The van der Waals surface area contributed by atoms with Gasteiger partial charge in [0.15, 0.2) is 0 Å². The third-order valence-corrected chi connectivity index (χ3v) is 3.80. The average Bonchev–Trinajstić information content (AvgIpc) is 2.45. The van der Waals surface area contributed by atoms with Crippen LogP contribution in [-0.4, -0.2) is 35.0 Å². The van der Waals surface area contributed by atoms with Gasteiger partial charge in [0.25, 0.3) is 0 Å². The summed E-state index contributed by atoms with van der Waals surface area (Å²) in [5, 5.41) is 17.6. The van der Waals surface area contributed by atoms with Crippen LogP contribution in [0.2, 0.25) is 0 Å². The molecule has 0 saturated carbocycles. The Morgan fingerprint density at radius 1 is 1.40 bits per heavy atom. The van der Waals surface area contributed by atoms with E-state index in [4.69, 9.17) is 10.4 Å². The van der Waals surface area contributed by atoms with Crippen LogP contribution in [0.25, 0.3) is 0 Å². The van der Waals surface area contributed by atoms with Crippen LogP contribution in [0.5, 0.6) is 0 Å². The monoisotopic (exact) mass is 292 g/mol. The molecule has 106 valence electrons. The van der Waals surface area contributed by atoms with Crippen LogP contribution in [0.4, 0.5) is 5.69 Å². The molecule has 1 unspecified atom stereocenters. The molecule has 0 fully saturated rings. The van der Waals surface area contributed by atoms with Crippen molar-refractivity contribution in [1.82, 2.24) is 0 Å². The summed E-state index contributed by atoms with van der Waals surface area (Å²) < 4.78 is 0. The van der Waals surface area contributed by atoms with Crippen molar-refractivity contribution < 1.29 is 14.7 Å². The lowest BCUT2D eigenvalue weighted by atomic mass is 10.2. The first-order valence-corrected chi connectivity index (χ1v) is 7.24. The second kappa shape index (κ2) is 8.23. The van der Waals surface area contributed by atoms with Crippen LogP contribution in [0, 0.1) is 17.2 Å². The standard InChI is InChI=1S/C14H16N2O3S/c1-11(14(18)19)9-20-10-13(17)16(8-7-15)12-5-3-2-4-6-12/h2-6,11H,8-10H2,1H3,(H,18,19). The fraction of sp³-hybridized carbons (Fsp3) is 0.357. The first kappa shape index (κ1) is 16.1. The second-order valence-corrected chi connectivity index (χ2v) is 5.26. The van der Waals surface area contributed by atoms with Crippen molar-refractivity contribution in [3.63, 3.8) is 0 Å². The van der Waals surface area contributed by atoms with Crippen LogP contribution in [0.15, 0.2) is 30.3 Å². The Balaban J connectivity index is 2.58. The number of carboxylic acid groups (broad SMARTS) is 1. The third kappa shape index (κ3) is 4.94. The summed E-state index contributed by atoms with van der Waals surface area (Å²) in [6, 6.07) is 10.9. The van der Waals surface area contributed by atoms with Crippen molar-refractivity contribution >= 4 is 29.3 Å². The number of thioether (sulfide) groups is 1. The fourth-order valence-electron chi connectivity index (χ4n) is 1.47. The SMILES string of the molecule is CC(CSCC(=O)N(CC#N)c1ccccc1)C(=O)O. The number of carboxylic acids is 1. The van der Waals surface area contributed by atoms with Gasteiger partial charge in [-0.05, 0) is 12.1 Å². The second-order valence-electron chi connectivity index (χ2n) is 4.23. The van der Waals surface area contributed by atoms with Crippen molar-refractivity contribution in [2.45, 2.75) is 6.92 Å². The molecule has 6 heteroatoms. The lowest BCUT2D eigenvalue weighted by molar-refractivity contribution is -0.140. The molecule has 0 aromatic heterocycles. The summed E-state index contributed by atoms with van der Waals surface area (Å²) >= 11 is 1.27. The van der Waals surface area contributed by atoms with Crippen LogP contribution in [-0.2, 0) is 9.59 Å². The molecule has 0 saturated heterocycles. The Hall–Kier alpha value is -2.00. The molecule has 0 spiro atoms. The highest BCUT2D eigenvalue weighted by Crippen LogP contribution is 2.16. The number of anilines is 1. The predicted molar refractivity (Wildman–Crippen MR) is 78.5 cm³/mol. The Morgan fingerprint density at radius 3 is 2.60 bits per heavy atom. The van der Waals surface area contributed by atoms with E-state index in [0.29, 0.717) is 11.4 Å². The minimum Gasteiger partial charge on any atom is -0.481 e. The van der Waals surface area contributed by atoms with Crippen molar-refractivity contribution in [1.29, 1.82) is 5.26 Å². The maximum absolute atomic E-state index is 12.1. The van der Waals surface area contributed by atoms with E-state index in [9.17, 15) is 9.59 Å². The first-order chi connectivity index (χ1) is 9.56. The lowest BCUT2D eigenvalue weighted by Crippen LogP contribution is -2.33. The van der Waals surface area contributed by atoms with Gasteiger partial charge in [0.2, 0.25) is 5.91 Å². The summed E-state index contributed by atoms with van der Waals surface area (Å²) in [6.45, 7) is 1.59. The van der Waals surface area contributed by atoms with Crippen molar-refractivity contribution in [3.05, 3.63) is 30.3 Å². The minimum absolute atomic E-state index is 0.0160. The molecular weight excluding hydrogens is 276 g/mol. The Morgan fingerprint density at radius 2 is 2.05 bits per heavy atom. The molecule has 0 bridgehead atoms. The molecule has 0 aliphatic heterocycles. The molecule has 20 heavy (non-hydrogen) atoms. The summed E-state index contributed by atoms with van der Waals surface area (Å²) in [6.07, 6.45) is 0. The molecule has 0 aliphatic carbocycles.